The van der Waals surface area contributed by atoms with Crippen LogP contribution < -0.4 is 10.6 Å². The molecule has 0 saturated heterocycles. The van der Waals surface area contributed by atoms with Gasteiger partial charge in [0.1, 0.15) is 5.01 Å². The van der Waals surface area contributed by atoms with Crippen LogP contribution in [0.1, 0.15) is 48.1 Å². The lowest BCUT2D eigenvalue weighted by molar-refractivity contribution is -0.137. The molecule has 0 spiro atoms. The molecular weight excluding hydrogens is 652 g/mol. The van der Waals surface area contributed by atoms with Crippen molar-refractivity contribution in [2.45, 2.75) is 44.8 Å². The first-order chi connectivity index (χ1) is 23.5. The van der Waals surface area contributed by atoms with Crippen LogP contribution in [0.3, 0.4) is 0 Å². The summed E-state index contributed by atoms with van der Waals surface area (Å²) in [7, 11) is 1.67. The van der Waals surface area contributed by atoms with Gasteiger partial charge in [-0.2, -0.15) is 13.2 Å². The molecule has 0 unspecified atom stereocenters. The van der Waals surface area contributed by atoms with Crippen LogP contribution in [0.2, 0.25) is 0 Å². The fourth-order valence-corrected chi connectivity index (χ4v) is 6.17. The van der Waals surface area contributed by atoms with Gasteiger partial charge < -0.3 is 20.6 Å². The molecule has 3 N–H and O–H groups in total. The van der Waals surface area contributed by atoms with Gasteiger partial charge in [0, 0.05) is 54.7 Å². The standard InChI is InChI=1S/C37H36F3N5O3S/c1-24-23-49-34(43-24)22-45(2)36(48)29-10-6-9-28(18-29)35(47)44-32(17-25-7-4-3-5-8-25)33(46)21-42-20-26-15-30(27-11-13-41-14-12-27)19-31(16-26)37(38,39)40/h3-16,18-19,23,32-33,42,46H,17,20-22H2,1-2H3,(H,44,47)/t32-,33+/m0/s1. The van der Waals surface area contributed by atoms with Gasteiger partial charge in [-0.25, -0.2) is 4.98 Å². The minimum atomic E-state index is -4.54. The van der Waals surface area contributed by atoms with Gasteiger partial charge in [-0.1, -0.05) is 36.4 Å². The van der Waals surface area contributed by atoms with E-state index in [0.29, 0.717) is 35.2 Å². The van der Waals surface area contributed by atoms with Crippen LogP contribution in [0.15, 0.2) is 103 Å². The molecule has 2 atom stereocenters. The topological polar surface area (TPSA) is 107 Å². The number of amides is 2. The van der Waals surface area contributed by atoms with Crippen molar-refractivity contribution in [3.05, 3.63) is 141 Å². The zero-order chi connectivity index (χ0) is 35.0. The number of alkyl halides is 3. The van der Waals surface area contributed by atoms with Gasteiger partial charge >= 0.3 is 6.18 Å². The van der Waals surface area contributed by atoms with Gasteiger partial charge in [-0.05, 0) is 84.1 Å². The van der Waals surface area contributed by atoms with Gasteiger partial charge in [-0.3, -0.25) is 14.6 Å². The molecule has 5 aromatic rings. The fraction of sp³-hybridized carbons (Fsp3) is 0.243. The van der Waals surface area contributed by atoms with Gasteiger partial charge in [-0.15, -0.1) is 11.3 Å². The summed E-state index contributed by atoms with van der Waals surface area (Å²) in [6, 6.07) is 22.1. The number of aryl methyl sites for hydroxylation is 1. The number of hydrogen-bond acceptors (Lipinski definition) is 7. The number of nitrogens with one attached hydrogen (secondary N) is 2. The molecule has 2 aromatic heterocycles. The summed E-state index contributed by atoms with van der Waals surface area (Å²) in [5, 5.41) is 20.0. The maximum Gasteiger partial charge on any atom is 0.416 e. The first-order valence-corrected chi connectivity index (χ1v) is 16.5. The summed E-state index contributed by atoms with van der Waals surface area (Å²) in [6.45, 7) is 2.25. The van der Waals surface area contributed by atoms with E-state index in [2.05, 4.69) is 20.6 Å². The van der Waals surface area contributed by atoms with E-state index in [1.165, 1.54) is 34.7 Å². The third-order valence-electron chi connectivity index (χ3n) is 7.85. The Balaban J connectivity index is 1.28. The van der Waals surface area contributed by atoms with Crippen LogP contribution in [-0.2, 0) is 25.7 Å². The van der Waals surface area contributed by atoms with Crippen LogP contribution >= 0.6 is 11.3 Å². The molecule has 0 aliphatic carbocycles. The third kappa shape index (κ3) is 9.82. The number of nitrogens with zero attached hydrogens (tertiary/aromatic N) is 3. The van der Waals surface area contributed by atoms with Crippen LogP contribution in [-0.4, -0.2) is 57.5 Å². The molecule has 0 fully saturated rings. The van der Waals surface area contributed by atoms with E-state index in [1.807, 2.05) is 42.6 Å². The number of carbonyl (C=O) groups excluding carboxylic acids is 2. The predicted octanol–water partition coefficient (Wildman–Crippen LogP) is 6.30. The fourth-order valence-electron chi connectivity index (χ4n) is 5.34. The lowest BCUT2D eigenvalue weighted by atomic mass is 9.99. The summed E-state index contributed by atoms with van der Waals surface area (Å²) in [5.41, 5.74) is 2.93. The summed E-state index contributed by atoms with van der Waals surface area (Å²) in [5.74, 6) is -0.748. The van der Waals surface area contributed by atoms with Crippen LogP contribution in [0, 0.1) is 6.92 Å². The Labute approximate surface area is 286 Å². The molecule has 8 nitrogen and oxygen atoms in total. The van der Waals surface area contributed by atoms with E-state index in [-0.39, 0.29) is 24.6 Å². The Morgan fingerprint density at radius 2 is 1.65 bits per heavy atom. The molecule has 0 bridgehead atoms. The Bertz CT molecular complexity index is 1870. The molecule has 12 heteroatoms. The van der Waals surface area contributed by atoms with Crippen molar-refractivity contribution in [2.75, 3.05) is 13.6 Å². The summed E-state index contributed by atoms with van der Waals surface area (Å²) in [6.07, 6.45) is -2.32. The Hall–Kier alpha value is -4.91. The van der Waals surface area contributed by atoms with E-state index in [1.54, 1.807) is 43.4 Å². The lowest BCUT2D eigenvalue weighted by Gasteiger charge is -2.25. The second-order valence-corrected chi connectivity index (χ2v) is 12.7. The Kier molecular flexibility index (Phi) is 11.6. The van der Waals surface area contributed by atoms with Gasteiger partial charge in [0.25, 0.3) is 11.8 Å². The second kappa shape index (κ2) is 16.0. The molecule has 0 radical (unpaired) electrons. The summed E-state index contributed by atoms with van der Waals surface area (Å²) in [4.78, 5) is 36.6. The van der Waals surface area contributed by atoms with Crippen LogP contribution in [0.25, 0.3) is 11.1 Å². The average Bonchev–Trinajstić information content (AvgIpc) is 3.51. The van der Waals surface area contributed by atoms with E-state index < -0.39 is 29.8 Å². The smallest absolute Gasteiger partial charge is 0.390 e. The number of aliphatic hydroxyl groups is 1. The first kappa shape index (κ1) is 35.4. The van der Waals surface area contributed by atoms with Crippen molar-refractivity contribution in [3.8, 4) is 11.1 Å². The monoisotopic (exact) mass is 687 g/mol. The normalized spacial score (nSPS) is 12.7. The largest absolute Gasteiger partial charge is 0.416 e. The molecule has 49 heavy (non-hydrogen) atoms. The molecule has 0 saturated carbocycles. The minimum absolute atomic E-state index is 0.0157. The maximum absolute atomic E-state index is 13.8. The minimum Gasteiger partial charge on any atom is -0.390 e. The predicted molar refractivity (Wildman–Crippen MR) is 183 cm³/mol. The summed E-state index contributed by atoms with van der Waals surface area (Å²) >= 11 is 1.47. The molecule has 3 aromatic carbocycles. The van der Waals surface area contributed by atoms with E-state index >= 15 is 0 Å². The van der Waals surface area contributed by atoms with Gasteiger partial charge in [0.15, 0.2) is 0 Å². The number of thiazole rings is 1. The molecule has 0 aliphatic heterocycles. The molecule has 0 aliphatic rings. The molecule has 254 valence electrons. The van der Waals surface area contributed by atoms with Crippen LogP contribution in [0.4, 0.5) is 13.2 Å². The number of aliphatic hydroxyl groups excluding tert-OH is 1. The molecule has 2 heterocycles. The zero-order valence-electron chi connectivity index (χ0n) is 26.9. The Morgan fingerprint density at radius 3 is 2.35 bits per heavy atom. The van der Waals surface area contributed by atoms with Crippen molar-refractivity contribution in [1.82, 2.24) is 25.5 Å². The SMILES string of the molecule is Cc1csc(CN(C)C(=O)c2cccc(C(=O)N[C@@H](Cc3ccccc3)[C@H](O)CNCc3cc(-c4ccncc4)cc(C(F)(F)F)c3)c2)n1. The van der Waals surface area contributed by atoms with Crippen molar-refractivity contribution >= 4 is 23.2 Å². The van der Waals surface area contributed by atoms with Crippen molar-refractivity contribution in [2.24, 2.45) is 0 Å². The van der Waals surface area contributed by atoms with Crippen LogP contribution in [0.5, 0.6) is 0 Å². The highest BCUT2D eigenvalue weighted by atomic mass is 32.1. The third-order valence-corrected chi connectivity index (χ3v) is 8.80. The Morgan fingerprint density at radius 1 is 0.918 bits per heavy atom. The van der Waals surface area contributed by atoms with Crippen molar-refractivity contribution in [1.29, 1.82) is 0 Å². The molecule has 2 amide bonds. The molecule has 5 rings (SSSR count). The first-order valence-electron chi connectivity index (χ1n) is 15.6. The number of rotatable bonds is 13. The van der Waals surface area contributed by atoms with Gasteiger partial charge in [0.05, 0.1) is 24.3 Å². The van der Waals surface area contributed by atoms with E-state index in [9.17, 15) is 27.9 Å². The summed E-state index contributed by atoms with van der Waals surface area (Å²) < 4.78 is 41.3. The van der Waals surface area contributed by atoms with Crippen molar-refractivity contribution < 1.29 is 27.9 Å². The number of hydrogen-bond donors (Lipinski definition) is 3. The number of halogens is 3. The highest BCUT2D eigenvalue weighted by Gasteiger charge is 2.31. The highest BCUT2D eigenvalue weighted by molar-refractivity contribution is 7.09. The highest BCUT2D eigenvalue weighted by Crippen LogP contribution is 2.33. The molecular formula is C37H36F3N5O3S. The number of benzene rings is 3. The number of pyridine rings is 1. The van der Waals surface area contributed by atoms with Gasteiger partial charge in [0.2, 0.25) is 0 Å². The van der Waals surface area contributed by atoms with E-state index in [4.69, 9.17) is 0 Å². The van der Waals surface area contributed by atoms with E-state index in [0.717, 1.165) is 28.4 Å². The number of carbonyl (C=O) groups is 2. The zero-order valence-corrected chi connectivity index (χ0v) is 27.8. The number of aromatic nitrogens is 2. The quantitative estimate of drug-likeness (QED) is 0.134. The lowest BCUT2D eigenvalue weighted by Crippen LogP contribution is -2.48. The maximum atomic E-state index is 13.8. The second-order valence-electron chi connectivity index (χ2n) is 11.7. The average molecular weight is 688 g/mol. The van der Waals surface area contributed by atoms with Crippen molar-refractivity contribution in [3.63, 3.8) is 0 Å².